The van der Waals surface area contributed by atoms with E-state index in [1.165, 1.54) is 22.5 Å². The van der Waals surface area contributed by atoms with Crippen LogP contribution in [0.4, 0.5) is 15.9 Å². The Morgan fingerprint density at radius 1 is 0.883 bits per heavy atom. The highest BCUT2D eigenvalue weighted by Gasteiger charge is 2.39. The van der Waals surface area contributed by atoms with Crippen LogP contribution >= 0.6 is 0 Å². The monoisotopic (exact) mass is 812 g/mol. The van der Waals surface area contributed by atoms with E-state index in [1.807, 2.05) is 25.1 Å². The van der Waals surface area contributed by atoms with Crippen molar-refractivity contribution in [2.75, 3.05) is 56.4 Å². The number of anilines is 2. The van der Waals surface area contributed by atoms with Crippen molar-refractivity contribution in [3.63, 3.8) is 0 Å². The van der Waals surface area contributed by atoms with Crippen LogP contribution in [0.15, 0.2) is 85.3 Å². The summed E-state index contributed by atoms with van der Waals surface area (Å²) in [6.07, 6.45) is 7.14. The molecule has 3 fully saturated rings. The molecule has 3 amide bonds. The van der Waals surface area contributed by atoms with Gasteiger partial charge in [-0.2, -0.15) is 15.0 Å². The molecule has 3 aromatic carbocycles. The molecule has 2 atom stereocenters. The van der Waals surface area contributed by atoms with E-state index in [9.17, 15) is 18.8 Å². The number of nitrogen functional groups attached to an aromatic ring is 1. The first-order valence-corrected chi connectivity index (χ1v) is 20.8. The van der Waals surface area contributed by atoms with Crippen molar-refractivity contribution in [3.8, 4) is 22.6 Å². The van der Waals surface area contributed by atoms with E-state index in [0.29, 0.717) is 41.4 Å². The number of nitrogens with one attached hydrogen (secondary N) is 1. The number of halogens is 1. The Hall–Kier alpha value is -6.19. The highest BCUT2D eigenvalue weighted by Crippen LogP contribution is 2.35. The van der Waals surface area contributed by atoms with Gasteiger partial charge in [-0.25, -0.2) is 9.37 Å². The van der Waals surface area contributed by atoms with Gasteiger partial charge in [-0.3, -0.25) is 24.6 Å². The molecule has 60 heavy (non-hydrogen) atoms. The predicted molar refractivity (Wildman–Crippen MR) is 224 cm³/mol. The number of nitrogens with zero attached hydrogens (tertiary/aromatic N) is 8. The number of carbonyl (C=O) groups is 3. The first kappa shape index (κ1) is 39.3. The minimum absolute atomic E-state index is 0.129. The van der Waals surface area contributed by atoms with Gasteiger partial charge >= 0.3 is 0 Å². The number of rotatable bonds is 11. The summed E-state index contributed by atoms with van der Waals surface area (Å²) in [7, 11) is 0. The highest BCUT2D eigenvalue weighted by atomic mass is 19.1. The molecular weight excluding hydrogens is 764 g/mol. The second-order valence-electron chi connectivity index (χ2n) is 16.3. The van der Waals surface area contributed by atoms with Crippen molar-refractivity contribution in [2.24, 2.45) is 5.92 Å². The second kappa shape index (κ2) is 16.8. The number of fused-ring (bicyclic) bond motifs is 1. The Labute approximate surface area is 348 Å². The van der Waals surface area contributed by atoms with E-state index in [-0.39, 0.29) is 35.8 Å². The molecule has 5 aromatic rings. The first-order chi connectivity index (χ1) is 29.1. The predicted octanol–water partition coefficient (Wildman–Crippen LogP) is 4.99. The van der Waals surface area contributed by atoms with Crippen LogP contribution in [0.5, 0.6) is 5.75 Å². The molecule has 0 saturated carbocycles. The summed E-state index contributed by atoms with van der Waals surface area (Å²) in [5, 5.41) is 10.8. The maximum absolute atomic E-state index is 14.4. The molecule has 1 unspecified atom stereocenters. The molecule has 4 aliphatic rings. The SMILES string of the molecule is C[C@@H](Oc1cc(-c2cccc(CN3CCN(CC4CCN(c5ccc6c(c5)C(=O)N(C5CCC(=O)NC5=O)C6)CC4)CC3)c2)cnc1N)c1cc(F)ccc1-n1nccn1. The number of hydrogen-bond donors (Lipinski definition) is 2. The lowest BCUT2D eigenvalue weighted by atomic mass is 9.95. The van der Waals surface area contributed by atoms with Crippen molar-refractivity contribution in [1.82, 2.24) is 40.0 Å². The quantitative estimate of drug-likeness (QED) is 0.174. The Morgan fingerprint density at radius 3 is 2.45 bits per heavy atom. The number of amides is 3. The zero-order valence-corrected chi connectivity index (χ0v) is 33.7. The minimum atomic E-state index is -0.600. The van der Waals surface area contributed by atoms with E-state index in [1.54, 1.807) is 29.6 Å². The lowest BCUT2D eigenvalue weighted by Crippen LogP contribution is -2.52. The molecule has 4 aliphatic heterocycles. The highest BCUT2D eigenvalue weighted by molar-refractivity contribution is 6.05. The molecule has 0 bridgehead atoms. The van der Waals surface area contributed by atoms with E-state index < -0.39 is 12.1 Å². The molecule has 6 heterocycles. The van der Waals surface area contributed by atoms with Crippen LogP contribution < -0.4 is 20.7 Å². The topological polar surface area (TPSA) is 155 Å². The summed E-state index contributed by atoms with van der Waals surface area (Å²) in [6.45, 7) is 10.1. The van der Waals surface area contributed by atoms with Gasteiger partial charge in [0.1, 0.15) is 18.0 Å². The number of piperidine rings is 2. The van der Waals surface area contributed by atoms with E-state index in [2.05, 4.69) is 65.5 Å². The first-order valence-electron chi connectivity index (χ1n) is 20.8. The third kappa shape index (κ3) is 8.32. The van der Waals surface area contributed by atoms with E-state index in [0.717, 1.165) is 87.6 Å². The Bertz CT molecular complexity index is 2390. The summed E-state index contributed by atoms with van der Waals surface area (Å²) in [4.78, 5) is 52.5. The zero-order valence-electron chi connectivity index (χ0n) is 33.7. The van der Waals surface area contributed by atoms with Crippen LogP contribution in [-0.2, 0) is 22.7 Å². The van der Waals surface area contributed by atoms with Crippen LogP contribution in [0.1, 0.15) is 65.8 Å². The second-order valence-corrected chi connectivity index (χ2v) is 16.3. The molecule has 15 heteroatoms. The Kier molecular flexibility index (Phi) is 11.0. The third-order valence-corrected chi connectivity index (χ3v) is 12.4. The molecule has 3 N–H and O–H groups in total. The van der Waals surface area contributed by atoms with Crippen molar-refractivity contribution in [2.45, 2.75) is 57.8 Å². The number of hydrogen-bond acceptors (Lipinski definition) is 11. The standard InChI is InChI=1S/C45H49FN10O4/c1-29(37-23-35(46)6-8-39(37)56-49-13-14-50-56)60-41-22-34(25-48-43(41)47)32-4-2-3-31(21-32)27-53-19-17-52(18-20-53)26-30-11-15-54(16-12-30)36-7-5-33-28-55(45(59)38(33)24-36)40-9-10-42(57)51-44(40)58/h2-8,13-14,21-25,29-30,40H,9-12,15-20,26-28H2,1H3,(H2,47,48)(H,51,57,58)/t29-,40?/m1/s1. The van der Waals surface area contributed by atoms with Gasteiger partial charge in [-0.1, -0.05) is 24.3 Å². The van der Waals surface area contributed by atoms with Gasteiger partial charge in [0.25, 0.3) is 5.91 Å². The van der Waals surface area contributed by atoms with Crippen LogP contribution in [0.2, 0.25) is 0 Å². The number of carbonyl (C=O) groups excluding carboxylic acids is 3. The van der Waals surface area contributed by atoms with Crippen molar-refractivity contribution in [3.05, 3.63) is 113 Å². The Balaban J connectivity index is 0.755. The van der Waals surface area contributed by atoms with Crippen LogP contribution in [-0.4, -0.2) is 104 Å². The zero-order chi connectivity index (χ0) is 41.3. The normalized spacial score (nSPS) is 19.7. The van der Waals surface area contributed by atoms with Gasteiger partial charge in [0, 0.05) is 93.9 Å². The van der Waals surface area contributed by atoms with Gasteiger partial charge in [0.15, 0.2) is 11.6 Å². The van der Waals surface area contributed by atoms with E-state index >= 15 is 0 Å². The average molecular weight is 813 g/mol. The summed E-state index contributed by atoms with van der Waals surface area (Å²) in [5.74, 6) is 0.111. The maximum atomic E-state index is 14.4. The molecular formula is C45H49FN10O4. The number of ether oxygens (including phenoxy) is 1. The van der Waals surface area contributed by atoms with Crippen LogP contribution in [0.25, 0.3) is 16.8 Å². The molecule has 9 rings (SSSR count). The number of imide groups is 1. The van der Waals surface area contributed by atoms with Gasteiger partial charge in [-0.05, 0) is 91.3 Å². The minimum Gasteiger partial charge on any atom is -0.482 e. The fourth-order valence-electron chi connectivity index (χ4n) is 9.05. The number of piperazine rings is 1. The molecule has 0 aliphatic carbocycles. The molecule has 2 aromatic heterocycles. The summed E-state index contributed by atoms with van der Waals surface area (Å²) < 4.78 is 20.7. The number of aromatic nitrogens is 4. The maximum Gasteiger partial charge on any atom is 0.255 e. The molecule has 0 radical (unpaired) electrons. The van der Waals surface area contributed by atoms with Gasteiger partial charge in [0.05, 0.1) is 18.1 Å². The van der Waals surface area contributed by atoms with Crippen molar-refractivity contribution >= 4 is 29.2 Å². The molecule has 14 nitrogen and oxygen atoms in total. The lowest BCUT2D eigenvalue weighted by Gasteiger charge is -2.39. The van der Waals surface area contributed by atoms with Gasteiger partial charge < -0.3 is 25.2 Å². The summed E-state index contributed by atoms with van der Waals surface area (Å²) >= 11 is 0. The lowest BCUT2D eigenvalue weighted by molar-refractivity contribution is -0.136. The average Bonchev–Trinajstić information content (AvgIpc) is 3.91. The summed E-state index contributed by atoms with van der Waals surface area (Å²) in [5.41, 5.74) is 13.2. The Morgan fingerprint density at radius 2 is 1.67 bits per heavy atom. The van der Waals surface area contributed by atoms with E-state index in [4.69, 9.17) is 10.5 Å². The summed E-state index contributed by atoms with van der Waals surface area (Å²) in [6, 6.07) is 20.3. The molecule has 3 saturated heterocycles. The number of nitrogens with two attached hydrogens (primary N) is 1. The fraction of sp³-hybridized carbons (Fsp3) is 0.378. The molecule has 310 valence electrons. The number of benzene rings is 3. The van der Waals surface area contributed by atoms with Crippen LogP contribution in [0.3, 0.4) is 0 Å². The number of pyridine rings is 1. The fourth-order valence-corrected chi connectivity index (χ4v) is 9.05. The van der Waals surface area contributed by atoms with Crippen molar-refractivity contribution < 1.29 is 23.5 Å². The van der Waals surface area contributed by atoms with Gasteiger partial charge in [-0.15, -0.1) is 0 Å². The largest absolute Gasteiger partial charge is 0.482 e. The van der Waals surface area contributed by atoms with Gasteiger partial charge in [0.2, 0.25) is 11.8 Å². The van der Waals surface area contributed by atoms with Crippen molar-refractivity contribution in [1.29, 1.82) is 0 Å². The molecule has 0 spiro atoms. The smallest absolute Gasteiger partial charge is 0.255 e. The van der Waals surface area contributed by atoms with Crippen LogP contribution in [0, 0.1) is 11.7 Å². The third-order valence-electron chi connectivity index (χ3n) is 12.4.